The molecule has 0 bridgehead atoms. The second kappa shape index (κ2) is 6.48. The number of carboxylic acids is 1. The van der Waals surface area contributed by atoms with Gasteiger partial charge in [-0.3, -0.25) is 4.72 Å². The van der Waals surface area contributed by atoms with Crippen molar-refractivity contribution in [2.24, 2.45) is 0 Å². The number of carboxylic acid groups (broad SMARTS) is 1. The van der Waals surface area contributed by atoms with Gasteiger partial charge in [-0.25, -0.2) is 17.6 Å². The van der Waals surface area contributed by atoms with Crippen molar-refractivity contribution in [2.75, 3.05) is 4.72 Å². The number of benzene rings is 2. The van der Waals surface area contributed by atoms with Crippen LogP contribution in [-0.2, 0) is 16.4 Å². The first kappa shape index (κ1) is 17.4. The van der Waals surface area contributed by atoms with Crippen molar-refractivity contribution in [3.05, 3.63) is 58.9 Å². The maximum atomic E-state index is 14.3. The number of sulfonamides is 1. The second-order valence-corrected chi connectivity index (χ2v) is 7.75. The fourth-order valence-corrected chi connectivity index (χ4v) is 3.87. The molecule has 25 heavy (non-hydrogen) atoms. The number of anilines is 1. The van der Waals surface area contributed by atoms with E-state index in [4.69, 9.17) is 5.11 Å². The van der Waals surface area contributed by atoms with E-state index < -0.39 is 26.7 Å². The minimum atomic E-state index is -4.16. The van der Waals surface area contributed by atoms with Gasteiger partial charge in [-0.1, -0.05) is 19.1 Å². The zero-order valence-electron chi connectivity index (χ0n) is 13.6. The summed E-state index contributed by atoms with van der Waals surface area (Å²) < 4.78 is 41.8. The van der Waals surface area contributed by atoms with Crippen molar-refractivity contribution < 1.29 is 22.7 Å². The maximum Gasteiger partial charge on any atom is 0.335 e. The topological polar surface area (TPSA) is 83.5 Å². The first-order valence-corrected chi connectivity index (χ1v) is 9.48. The van der Waals surface area contributed by atoms with Crippen molar-refractivity contribution in [3.63, 3.8) is 0 Å². The molecule has 132 valence electrons. The van der Waals surface area contributed by atoms with Crippen LogP contribution in [0.2, 0.25) is 0 Å². The van der Waals surface area contributed by atoms with E-state index in [-0.39, 0.29) is 11.3 Å². The van der Waals surface area contributed by atoms with Gasteiger partial charge in [0.15, 0.2) is 0 Å². The van der Waals surface area contributed by atoms with Crippen LogP contribution in [0.15, 0.2) is 41.3 Å². The predicted octanol–water partition coefficient (Wildman–Crippen LogP) is 3.76. The van der Waals surface area contributed by atoms with Crippen LogP contribution < -0.4 is 4.72 Å². The highest BCUT2D eigenvalue weighted by Gasteiger charge is 2.27. The van der Waals surface area contributed by atoms with Gasteiger partial charge in [-0.2, -0.15) is 0 Å². The molecular formula is C18H18FNO4S. The Kier molecular flexibility index (Phi) is 4.51. The Bertz CT molecular complexity index is 936. The summed E-state index contributed by atoms with van der Waals surface area (Å²) in [5.74, 6) is -1.65. The molecule has 5 nitrogen and oxygen atoms in total. The average Bonchev–Trinajstić information content (AvgIpc) is 3.38. The molecule has 1 saturated carbocycles. The predicted molar refractivity (Wildman–Crippen MR) is 92.0 cm³/mol. The van der Waals surface area contributed by atoms with Gasteiger partial charge < -0.3 is 5.11 Å². The van der Waals surface area contributed by atoms with E-state index in [1.807, 2.05) is 6.92 Å². The van der Waals surface area contributed by atoms with E-state index in [0.717, 1.165) is 18.4 Å². The smallest absolute Gasteiger partial charge is 0.335 e. The molecule has 2 aromatic rings. The Labute approximate surface area is 145 Å². The molecule has 0 amide bonds. The minimum absolute atomic E-state index is 0.0422. The average molecular weight is 363 g/mol. The van der Waals surface area contributed by atoms with Gasteiger partial charge >= 0.3 is 5.97 Å². The van der Waals surface area contributed by atoms with Crippen LogP contribution in [0.4, 0.5) is 10.1 Å². The Balaban J connectivity index is 1.96. The molecule has 3 rings (SSSR count). The molecule has 0 spiro atoms. The zero-order valence-corrected chi connectivity index (χ0v) is 14.4. The van der Waals surface area contributed by atoms with Crippen LogP contribution in [0.25, 0.3) is 0 Å². The van der Waals surface area contributed by atoms with Crippen LogP contribution >= 0.6 is 0 Å². The SMILES string of the molecule is CCc1ccc(C(=O)O)cc1NS(=O)(=O)c1ccc(C2CC2)cc1F. The van der Waals surface area contributed by atoms with E-state index in [1.165, 1.54) is 24.3 Å². The van der Waals surface area contributed by atoms with Crippen molar-refractivity contribution in [1.29, 1.82) is 0 Å². The van der Waals surface area contributed by atoms with Crippen LogP contribution in [0.1, 0.15) is 47.2 Å². The van der Waals surface area contributed by atoms with Gasteiger partial charge in [0.2, 0.25) is 0 Å². The van der Waals surface area contributed by atoms with Gasteiger partial charge in [-0.05, 0) is 60.6 Å². The third-order valence-corrected chi connectivity index (χ3v) is 5.68. The third kappa shape index (κ3) is 3.66. The van der Waals surface area contributed by atoms with Crippen molar-refractivity contribution >= 4 is 21.7 Å². The monoisotopic (exact) mass is 363 g/mol. The number of aryl methyl sites for hydroxylation is 1. The molecule has 0 saturated heterocycles. The summed E-state index contributed by atoms with van der Waals surface area (Å²) in [6, 6.07) is 8.36. The van der Waals surface area contributed by atoms with E-state index >= 15 is 0 Å². The second-order valence-electron chi connectivity index (χ2n) is 6.10. The zero-order chi connectivity index (χ0) is 18.2. The van der Waals surface area contributed by atoms with Crippen molar-refractivity contribution in [2.45, 2.75) is 37.0 Å². The summed E-state index contributed by atoms with van der Waals surface area (Å²) >= 11 is 0. The molecule has 7 heteroatoms. The molecule has 2 aromatic carbocycles. The van der Waals surface area contributed by atoms with Crippen LogP contribution in [0.3, 0.4) is 0 Å². The first-order valence-electron chi connectivity index (χ1n) is 8.00. The summed E-state index contributed by atoms with van der Waals surface area (Å²) in [7, 11) is -4.16. The summed E-state index contributed by atoms with van der Waals surface area (Å²) in [4.78, 5) is 10.7. The molecule has 0 aliphatic heterocycles. The lowest BCUT2D eigenvalue weighted by Crippen LogP contribution is -2.16. The van der Waals surface area contributed by atoms with Gasteiger partial charge in [0.1, 0.15) is 10.7 Å². The molecule has 0 unspecified atom stereocenters. The van der Waals surface area contributed by atoms with Crippen LogP contribution in [0, 0.1) is 5.82 Å². The molecule has 0 aromatic heterocycles. The Hall–Kier alpha value is -2.41. The number of halogens is 1. The molecular weight excluding hydrogens is 345 g/mol. The van der Waals surface area contributed by atoms with Crippen LogP contribution in [0.5, 0.6) is 0 Å². The Morgan fingerprint density at radius 2 is 1.96 bits per heavy atom. The summed E-state index contributed by atoms with van der Waals surface area (Å²) in [5.41, 5.74) is 1.54. The van der Waals surface area contributed by atoms with Crippen molar-refractivity contribution in [1.82, 2.24) is 0 Å². The van der Waals surface area contributed by atoms with Crippen LogP contribution in [-0.4, -0.2) is 19.5 Å². The quantitative estimate of drug-likeness (QED) is 0.818. The highest BCUT2D eigenvalue weighted by molar-refractivity contribution is 7.92. The fourth-order valence-electron chi connectivity index (χ4n) is 2.72. The number of hydrogen-bond acceptors (Lipinski definition) is 3. The fraction of sp³-hybridized carbons (Fsp3) is 0.278. The summed E-state index contributed by atoms with van der Waals surface area (Å²) in [6.45, 7) is 1.82. The lowest BCUT2D eigenvalue weighted by atomic mass is 10.1. The number of hydrogen-bond donors (Lipinski definition) is 2. The lowest BCUT2D eigenvalue weighted by molar-refractivity contribution is 0.0697. The Morgan fingerprint density at radius 1 is 1.24 bits per heavy atom. The molecule has 0 radical (unpaired) electrons. The number of carbonyl (C=O) groups is 1. The molecule has 2 N–H and O–H groups in total. The van der Waals surface area contributed by atoms with Crippen molar-refractivity contribution in [3.8, 4) is 0 Å². The first-order chi connectivity index (χ1) is 11.8. The molecule has 0 atom stereocenters. The normalized spacial score (nSPS) is 14.3. The summed E-state index contributed by atoms with van der Waals surface area (Å²) in [5, 5.41) is 9.08. The van der Waals surface area contributed by atoms with E-state index in [9.17, 15) is 17.6 Å². The van der Waals surface area contributed by atoms with Gasteiger partial charge in [-0.15, -0.1) is 0 Å². The minimum Gasteiger partial charge on any atom is -0.478 e. The lowest BCUT2D eigenvalue weighted by Gasteiger charge is -2.13. The summed E-state index contributed by atoms with van der Waals surface area (Å²) in [6.07, 6.45) is 2.48. The number of nitrogens with one attached hydrogen (secondary N) is 1. The Morgan fingerprint density at radius 3 is 2.52 bits per heavy atom. The number of aromatic carboxylic acids is 1. The third-order valence-electron chi connectivity index (χ3n) is 4.28. The standard InChI is InChI=1S/C18H18FNO4S/c1-2-11-3-6-14(18(21)22)10-16(11)20-25(23,24)17-8-7-13(9-15(17)19)12-4-5-12/h3,6-10,12,20H,2,4-5H2,1H3,(H,21,22). The highest BCUT2D eigenvalue weighted by atomic mass is 32.2. The molecule has 1 fully saturated rings. The van der Waals surface area contributed by atoms with E-state index in [2.05, 4.69) is 4.72 Å². The van der Waals surface area contributed by atoms with Gasteiger partial charge in [0, 0.05) is 0 Å². The molecule has 1 aliphatic carbocycles. The van der Waals surface area contributed by atoms with Gasteiger partial charge in [0.25, 0.3) is 10.0 Å². The highest BCUT2D eigenvalue weighted by Crippen LogP contribution is 2.40. The van der Waals surface area contributed by atoms with Gasteiger partial charge in [0.05, 0.1) is 11.3 Å². The van der Waals surface area contributed by atoms with E-state index in [1.54, 1.807) is 12.1 Å². The molecule has 0 heterocycles. The molecule has 1 aliphatic rings. The largest absolute Gasteiger partial charge is 0.478 e. The van der Waals surface area contributed by atoms with E-state index in [0.29, 0.717) is 17.9 Å². The number of rotatable bonds is 6. The maximum absolute atomic E-state index is 14.3.